The van der Waals surface area contributed by atoms with Crippen molar-refractivity contribution in [2.75, 3.05) is 26.8 Å². The summed E-state index contributed by atoms with van der Waals surface area (Å²) in [5, 5.41) is 4.51. The number of nitrogens with zero attached hydrogens (tertiary/aromatic N) is 4. The van der Waals surface area contributed by atoms with Gasteiger partial charge in [-0.15, -0.1) is 11.3 Å². The molecule has 0 unspecified atom stereocenters. The number of thiophene rings is 1. The first-order valence-corrected chi connectivity index (χ1v) is 11.4. The Bertz CT molecular complexity index is 937. The number of methoxy groups -OCH3 is 1. The molecule has 3 rings (SSSR count). The lowest BCUT2D eigenvalue weighted by Crippen LogP contribution is -2.38. The molecule has 0 atom stereocenters. The second-order valence-corrected chi connectivity index (χ2v) is 10.1. The lowest BCUT2D eigenvalue weighted by Gasteiger charge is -2.30. The van der Waals surface area contributed by atoms with E-state index in [1.807, 2.05) is 19.9 Å². The lowest BCUT2D eigenvalue weighted by molar-refractivity contribution is 0.182. The summed E-state index contributed by atoms with van der Waals surface area (Å²) >= 11 is 1.30. The maximum atomic E-state index is 12.8. The fourth-order valence-corrected chi connectivity index (χ4v) is 6.32. The normalized spacial score (nSPS) is 16.9. The Hall–Kier alpha value is -1.49. The van der Waals surface area contributed by atoms with Crippen molar-refractivity contribution in [3.63, 3.8) is 0 Å². The summed E-state index contributed by atoms with van der Waals surface area (Å²) in [5.74, 6) is 0.834. The average Bonchev–Trinajstić information content (AvgIpc) is 3.24. The second-order valence-electron chi connectivity index (χ2n) is 6.64. The van der Waals surface area contributed by atoms with E-state index in [0.29, 0.717) is 49.8 Å². The summed E-state index contributed by atoms with van der Waals surface area (Å²) in [6, 6.07) is 3.50. The zero-order valence-electron chi connectivity index (χ0n) is 15.9. The fourth-order valence-electron chi connectivity index (χ4n) is 3.41. The molecule has 8 nitrogen and oxygen atoms in total. The van der Waals surface area contributed by atoms with Crippen molar-refractivity contribution in [3.05, 3.63) is 33.3 Å². The predicted octanol–water partition coefficient (Wildman–Crippen LogP) is 1.65. The van der Waals surface area contributed by atoms with E-state index in [1.54, 1.807) is 22.0 Å². The van der Waals surface area contributed by atoms with E-state index in [-0.39, 0.29) is 11.6 Å². The SMILES string of the molecule is CCn1c(C2CCN(S(=O)(=O)c3ccc(C)s3)CC2)nn(CCOC)c1=O. The third-order valence-corrected chi connectivity index (χ3v) is 8.27. The summed E-state index contributed by atoms with van der Waals surface area (Å²) in [6.07, 6.45) is 1.31. The minimum atomic E-state index is -3.44. The highest BCUT2D eigenvalue weighted by Crippen LogP contribution is 2.31. The highest BCUT2D eigenvalue weighted by molar-refractivity contribution is 7.91. The fraction of sp³-hybridized carbons (Fsp3) is 0.647. The van der Waals surface area contributed by atoms with E-state index in [0.717, 1.165) is 10.7 Å². The molecule has 1 fully saturated rings. The predicted molar refractivity (Wildman–Crippen MR) is 104 cm³/mol. The highest BCUT2D eigenvalue weighted by atomic mass is 32.2. The Labute approximate surface area is 163 Å². The lowest BCUT2D eigenvalue weighted by atomic mass is 9.97. The average molecular weight is 415 g/mol. The van der Waals surface area contributed by atoms with Crippen molar-refractivity contribution in [2.24, 2.45) is 0 Å². The first-order valence-electron chi connectivity index (χ1n) is 9.11. The number of hydrogen-bond acceptors (Lipinski definition) is 6. The van der Waals surface area contributed by atoms with Crippen molar-refractivity contribution >= 4 is 21.4 Å². The molecule has 2 aromatic heterocycles. The van der Waals surface area contributed by atoms with Gasteiger partial charge in [0.2, 0.25) is 0 Å². The minimum absolute atomic E-state index is 0.0815. The van der Waals surface area contributed by atoms with Crippen LogP contribution in [-0.2, 0) is 27.8 Å². The standard InChI is InChI=1S/C17H26N4O4S2/c1-4-20-16(18-21(17(20)22)11-12-25-3)14-7-9-19(10-8-14)27(23,24)15-6-5-13(2)26-15/h5-6,14H,4,7-12H2,1-3H3. The molecule has 2 aromatic rings. The van der Waals surface area contributed by atoms with Crippen LogP contribution < -0.4 is 5.69 Å². The van der Waals surface area contributed by atoms with Gasteiger partial charge in [0.1, 0.15) is 10.0 Å². The molecule has 0 radical (unpaired) electrons. The molecule has 0 aromatic carbocycles. The number of sulfonamides is 1. The Balaban J connectivity index is 1.75. The van der Waals surface area contributed by atoms with Crippen LogP contribution in [0.1, 0.15) is 36.4 Å². The van der Waals surface area contributed by atoms with Crippen LogP contribution in [0, 0.1) is 6.92 Å². The Morgan fingerprint density at radius 2 is 2.00 bits per heavy atom. The van der Waals surface area contributed by atoms with Crippen molar-refractivity contribution in [2.45, 2.75) is 49.9 Å². The molecule has 3 heterocycles. The van der Waals surface area contributed by atoms with Gasteiger partial charge in [0.15, 0.2) is 0 Å². The summed E-state index contributed by atoms with van der Waals surface area (Å²) < 4.78 is 35.7. The molecular weight excluding hydrogens is 388 g/mol. The smallest absolute Gasteiger partial charge is 0.345 e. The maximum absolute atomic E-state index is 12.8. The van der Waals surface area contributed by atoms with Crippen LogP contribution in [0.25, 0.3) is 0 Å². The van der Waals surface area contributed by atoms with Crippen LogP contribution in [0.15, 0.2) is 21.1 Å². The highest BCUT2D eigenvalue weighted by Gasteiger charge is 2.33. The van der Waals surface area contributed by atoms with Gasteiger partial charge in [-0.05, 0) is 38.8 Å². The zero-order valence-corrected chi connectivity index (χ0v) is 17.6. The molecule has 150 valence electrons. The largest absolute Gasteiger partial charge is 0.383 e. The molecule has 1 aliphatic rings. The van der Waals surface area contributed by atoms with Crippen LogP contribution >= 0.6 is 11.3 Å². The quantitative estimate of drug-likeness (QED) is 0.688. The molecule has 27 heavy (non-hydrogen) atoms. The molecule has 0 aliphatic carbocycles. The van der Waals surface area contributed by atoms with Gasteiger partial charge in [-0.1, -0.05) is 0 Å². The molecule has 0 amide bonds. The number of hydrogen-bond donors (Lipinski definition) is 0. The van der Waals surface area contributed by atoms with E-state index in [4.69, 9.17) is 4.74 Å². The number of rotatable bonds is 7. The zero-order chi connectivity index (χ0) is 19.6. The van der Waals surface area contributed by atoms with E-state index in [2.05, 4.69) is 5.10 Å². The number of aromatic nitrogens is 3. The monoisotopic (exact) mass is 414 g/mol. The van der Waals surface area contributed by atoms with Crippen LogP contribution in [0.4, 0.5) is 0 Å². The van der Waals surface area contributed by atoms with Crippen LogP contribution in [0.5, 0.6) is 0 Å². The topological polar surface area (TPSA) is 86.4 Å². The van der Waals surface area contributed by atoms with Crippen molar-refractivity contribution < 1.29 is 13.2 Å². The van der Waals surface area contributed by atoms with Crippen LogP contribution in [0.2, 0.25) is 0 Å². The molecule has 0 bridgehead atoms. The first kappa shape index (κ1) is 20.2. The van der Waals surface area contributed by atoms with Crippen molar-refractivity contribution in [1.82, 2.24) is 18.7 Å². The molecule has 0 spiro atoms. The van der Waals surface area contributed by atoms with Gasteiger partial charge in [-0.2, -0.15) is 9.40 Å². The number of piperidine rings is 1. The molecule has 0 N–H and O–H groups in total. The van der Waals surface area contributed by atoms with Gasteiger partial charge in [0.05, 0.1) is 13.2 Å². The van der Waals surface area contributed by atoms with E-state index in [1.165, 1.54) is 16.0 Å². The second kappa shape index (κ2) is 8.26. The molecule has 0 saturated carbocycles. The van der Waals surface area contributed by atoms with E-state index in [9.17, 15) is 13.2 Å². The summed E-state index contributed by atoms with van der Waals surface area (Å²) in [6.45, 7) is 6.09. The summed E-state index contributed by atoms with van der Waals surface area (Å²) in [5.41, 5.74) is -0.131. The van der Waals surface area contributed by atoms with Gasteiger partial charge in [-0.25, -0.2) is 17.9 Å². The van der Waals surface area contributed by atoms with Gasteiger partial charge in [0, 0.05) is 37.5 Å². The number of aryl methyl sites for hydroxylation is 1. The number of ether oxygens (including phenoxy) is 1. The third-order valence-electron chi connectivity index (χ3n) is 4.90. The van der Waals surface area contributed by atoms with Crippen LogP contribution in [-0.4, -0.2) is 53.9 Å². The minimum Gasteiger partial charge on any atom is -0.383 e. The Kier molecular flexibility index (Phi) is 6.19. The van der Waals surface area contributed by atoms with Gasteiger partial charge in [-0.3, -0.25) is 4.57 Å². The van der Waals surface area contributed by atoms with Crippen molar-refractivity contribution in [1.29, 1.82) is 0 Å². The van der Waals surface area contributed by atoms with E-state index < -0.39 is 10.0 Å². The first-order chi connectivity index (χ1) is 12.9. The summed E-state index contributed by atoms with van der Waals surface area (Å²) in [7, 11) is -1.85. The summed E-state index contributed by atoms with van der Waals surface area (Å²) in [4.78, 5) is 13.5. The Morgan fingerprint density at radius 1 is 1.30 bits per heavy atom. The molecule has 1 aliphatic heterocycles. The van der Waals surface area contributed by atoms with Gasteiger partial charge >= 0.3 is 5.69 Å². The third kappa shape index (κ3) is 4.03. The van der Waals surface area contributed by atoms with Crippen LogP contribution in [0.3, 0.4) is 0 Å². The molecular formula is C17H26N4O4S2. The maximum Gasteiger partial charge on any atom is 0.345 e. The Morgan fingerprint density at radius 3 is 2.56 bits per heavy atom. The van der Waals surface area contributed by atoms with Gasteiger partial charge < -0.3 is 4.74 Å². The van der Waals surface area contributed by atoms with Gasteiger partial charge in [0.25, 0.3) is 10.0 Å². The van der Waals surface area contributed by atoms with Crippen molar-refractivity contribution in [3.8, 4) is 0 Å². The van der Waals surface area contributed by atoms with E-state index >= 15 is 0 Å². The molecule has 1 saturated heterocycles. The molecule has 10 heteroatoms.